The Bertz CT molecular complexity index is 389. The lowest BCUT2D eigenvalue weighted by Crippen LogP contribution is -2.38. The first-order valence-electron chi connectivity index (χ1n) is 8.30. The number of aryl methyl sites for hydroxylation is 1. The van der Waals surface area contributed by atoms with Crippen LogP contribution in [0.1, 0.15) is 57.6 Å². The molecule has 0 atom stereocenters. The van der Waals surface area contributed by atoms with Gasteiger partial charge in [-0.05, 0) is 56.6 Å². The highest BCUT2D eigenvalue weighted by Gasteiger charge is 2.35. The number of rotatable bonds is 7. The zero-order chi connectivity index (χ0) is 14.4. The van der Waals surface area contributed by atoms with Crippen molar-refractivity contribution >= 4 is 0 Å². The summed E-state index contributed by atoms with van der Waals surface area (Å²) in [5.74, 6) is 0.976. The Hall–Kier alpha value is -0.830. The number of hydrogen-bond acceptors (Lipinski definition) is 2. The fraction of sp³-hybridized carbons (Fsp3) is 0.824. The lowest BCUT2D eigenvalue weighted by molar-refractivity contribution is 0.139. The maximum absolute atomic E-state index is 4.59. The summed E-state index contributed by atoms with van der Waals surface area (Å²) in [4.78, 5) is 0. The number of unbranched alkanes of at least 4 members (excludes halogenated alkanes) is 1. The van der Waals surface area contributed by atoms with Crippen LogP contribution in [-0.2, 0) is 13.5 Å². The standard InChI is InChI=1S/C17H31N3/c1-4-5-6-15-7-10-17(11-8-15,14-18-2)13-16-9-12-20(3)19-16/h9,12,15,18H,4-8,10-11,13-14H2,1-3H3. The van der Waals surface area contributed by atoms with Crippen molar-refractivity contribution in [2.75, 3.05) is 13.6 Å². The zero-order valence-corrected chi connectivity index (χ0v) is 13.5. The molecule has 1 heterocycles. The van der Waals surface area contributed by atoms with Crippen molar-refractivity contribution in [2.45, 2.75) is 58.3 Å². The van der Waals surface area contributed by atoms with Crippen LogP contribution >= 0.6 is 0 Å². The molecule has 0 aromatic carbocycles. The summed E-state index contributed by atoms with van der Waals surface area (Å²) in [5, 5.41) is 8.02. The Labute approximate surface area is 124 Å². The molecular weight excluding hydrogens is 246 g/mol. The number of nitrogens with zero attached hydrogens (tertiary/aromatic N) is 2. The van der Waals surface area contributed by atoms with Crippen LogP contribution in [0.2, 0.25) is 0 Å². The molecule has 0 radical (unpaired) electrons. The van der Waals surface area contributed by atoms with E-state index in [9.17, 15) is 0 Å². The molecule has 0 saturated heterocycles. The van der Waals surface area contributed by atoms with E-state index in [0.29, 0.717) is 5.41 Å². The van der Waals surface area contributed by atoms with E-state index >= 15 is 0 Å². The molecule has 0 bridgehead atoms. The molecule has 20 heavy (non-hydrogen) atoms. The van der Waals surface area contributed by atoms with Crippen molar-refractivity contribution in [1.82, 2.24) is 15.1 Å². The molecule has 0 unspecified atom stereocenters. The first-order valence-corrected chi connectivity index (χ1v) is 8.30. The van der Waals surface area contributed by atoms with Crippen molar-refractivity contribution < 1.29 is 0 Å². The summed E-state index contributed by atoms with van der Waals surface area (Å²) in [6.07, 6.45) is 12.9. The summed E-state index contributed by atoms with van der Waals surface area (Å²) >= 11 is 0. The van der Waals surface area contributed by atoms with Crippen LogP contribution in [0.5, 0.6) is 0 Å². The summed E-state index contributed by atoms with van der Waals surface area (Å²) < 4.78 is 1.93. The molecule has 0 amide bonds. The van der Waals surface area contributed by atoms with Gasteiger partial charge in [0.15, 0.2) is 0 Å². The predicted octanol–water partition coefficient (Wildman–Crippen LogP) is 3.55. The van der Waals surface area contributed by atoms with E-state index in [-0.39, 0.29) is 0 Å². The van der Waals surface area contributed by atoms with Gasteiger partial charge in [0.05, 0.1) is 5.69 Å². The monoisotopic (exact) mass is 277 g/mol. The first-order chi connectivity index (χ1) is 9.67. The lowest BCUT2D eigenvalue weighted by atomic mass is 9.67. The summed E-state index contributed by atoms with van der Waals surface area (Å²) in [6.45, 7) is 3.43. The molecular formula is C17H31N3. The van der Waals surface area contributed by atoms with Crippen LogP contribution < -0.4 is 5.32 Å². The number of aromatic nitrogens is 2. The highest BCUT2D eigenvalue weighted by molar-refractivity contribution is 5.05. The minimum absolute atomic E-state index is 0.436. The highest BCUT2D eigenvalue weighted by Crippen LogP contribution is 2.42. The van der Waals surface area contributed by atoms with Gasteiger partial charge < -0.3 is 5.32 Å². The third-order valence-corrected chi connectivity index (χ3v) is 5.01. The zero-order valence-electron chi connectivity index (χ0n) is 13.5. The molecule has 1 aliphatic rings. The second-order valence-corrected chi connectivity index (χ2v) is 6.77. The van der Waals surface area contributed by atoms with Crippen molar-refractivity contribution in [3.05, 3.63) is 18.0 Å². The van der Waals surface area contributed by atoms with Gasteiger partial charge in [-0.1, -0.05) is 26.2 Å². The molecule has 1 aliphatic carbocycles. The van der Waals surface area contributed by atoms with Gasteiger partial charge in [-0.15, -0.1) is 0 Å². The molecule has 2 rings (SSSR count). The summed E-state index contributed by atoms with van der Waals surface area (Å²) in [6, 6.07) is 2.18. The predicted molar refractivity (Wildman–Crippen MR) is 84.8 cm³/mol. The number of hydrogen-bond donors (Lipinski definition) is 1. The fourth-order valence-electron chi connectivity index (χ4n) is 3.80. The van der Waals surface area contributed by atoms with Crippen LogP contribution in [0, 0.1) is 11.3 Å². The Kier molecular flexibility index (Phi) is 5.64. The first kappa shape index (κ1) is 15.6. The van der Waals surface area contributed by atoms with Gasteiger partial charge in [0.1, 0.15) is 0 Å². The van der Waals surface area contributed by atoms with E-state index in [1.165, 1.54) is 50.6 Å². The molecule has 114 valence electrons. The molecule has 0 spiro atoms. The van der Waals surface area contributed by atoms with Gasteiger partial charge in [-0.25, -0.2) is 0 Å². The molecule has 1 fully saturated rings. The van der Waals surface area contributed by atoms with Gasteiger partial charge in [0.2, 0.25) is 0 Å². The van der Waals surface area contributed by atoms with E-state index in [1.54, 1.807) is 0 Å². The van der Waals surface area contributed by atoms with Crippen LogP contribution in [0.3, 0.4) is 0 Å². The lowest BCUT2D eigenvalue weighted by Gasteiger charge is -2.40. The van der Waals surface area contributed by atoms with E-state index in [0.717, 1.165) is 18.9 Å². The largest absolute Gasteiger partial charge is 0.319 e. The van der Waals surface area contributed by atoms with Crippen LogP contribution in [0.4, 0.5) is 0 Å². The van der Waals surface area contributed by atoms with Crippen LogP contribution in [0.25, 0.3) is 0 Å². The minimum atomic E-state index is 0.436. The quantitative estimate of drug-likeness (QED) is 0.826. The average Bonchev–Trinajstić information content (AvgIpc) is 2.84. The Morgan fingerprint density at radius 1 is 1.40 bits per heavy atom. The SMILES string of the molecule is CCCCC1CCC(CNC)(Cc2ccn(C)n2)CC1. The molecule has 1 aromatic heterocycles. The smallest absolute Gasteiger partial charge is 0.0630 e. The highest BCUT2D eigenvalue weighted by atomic mass is 15.2. The van der Waals surface area contributed by atoms with E-state index in [2.05, 4.69) is 36.7 Å². The molecule has 1 aromatic rings. The van der Waals surface area contributed by atoms with Crippen molar-refractivity contribution in [3.63, 3.8) is 0 Å². The maximum Gasteiger partial charge on any atom is 0.0630 e. The van der Waals surface area contributed by atoms with Crippen LogP contribution in [-0.4, -0.2) is 23.4 Å². The second kappa shape index (κ2) is 7.26. The molecule has 1 N–H and O–H groups in total. The van der Waals surface area contributed by atoms with Gasteiger partial charge in [-0.2, -0.15) is 5.10 Å². The van der Waals surface area contributed by atoms with Crippen molar-refractivity contribution in [1.29, 1.82) is 0 Å². The molecule has 3 nitrogen and oxygen atoms in total. The Morgan fingerprint density at radius 2 is 2.15 bits per heavy atom. The van der Waals surface area contributed by atoms with Gasteiger partial charge >= 0.3 is 0 Å². The van der Waals surface area contributed by atoms with E-state index in [4.69, 9.17) is 0 Å². The third-order valence-electron chi connectivity index (χ3n) is 5.01. The maximum atomic E-state index is 4.59. The van der Waals surface area contributed by atoms with Gasteiger partial charge in [0.25, 0.3) is 0 Å². The topological polar surface area (TPSA) is 29.9 Å². The van der Waals surface area contributed by atoms with Gasteiger partial charge in [-0.3, -0.25) is 4.68 Å². The average molecular weight is 277 g/mol. The molecule has 0 aliphatic heterocycles. The Balaban J connectivity index is 1.94. The summed E-state index contributed by atoms with van der Waals surface area (Å²) in [5.41, 5.74) is 1.70. The van der Waals surface area contributed by atoms with E-state index < -0.39 is 0 Å². The molecule has 3 heteroatoms. The number of nitrogens with one attached hydrogen (secondary N) is 1. The van der Waals surface area contributed by atoms with Crippen molar-refractivity contribution in [3.8, 4) is 0 Å². The van der Waals surface area contributed by atoms with Crippen LogP contribution in [0.15, 0.2) is 12.3 Å². The second-order valence-electron chi connectivity index (χ2n) is 6.77. The minimum Gasteiger partial charge on any atom is -0.319 e. The summed E-state index contributed by atoms with van der Waals surface area (Å²) in [7, 11) is 4.10. The normalized spacial score (nSPS) is 26.9. The van der Waals surface area contributed by atoms with Gasteiger partial charge in [0, 0.05) is 19.8 Å². The van der Waals surface area contributed by atoms with Crippen molar-refractivity contribution in [2.24, 2.45) is 18.4 Å². The fourth-order valence-corrected chi connectivity index (χ4v) is 3.80. The van der Waals surface area contributed by atoms with E-state index in [1.807, 2.05) is 11.7 Å². The molecule has 1 saturated carbocycles. The third kappa shape index (κ3) is 4.08. The Morgan fingerprint density at radius 3 is 2.70 bits per heavy atom.